The maximum atomic E-state index is 13.3. The van der Waals surface area contributed by atoms with Crippen molar-refractivity contribution < 1.29 is 18.7 Å². The molecule has 0 aromatic heterocycles. The minimum absolute atomic E-state index is 0.0333. The lowest BCUT2D eigenvalue weighted by atomic mass is 10.2. The maximum absolute atomic E-state index is 13.3. The van der Waals surface area contributed by atoms with Gasteiger partial charge >= 0.3 is 0 Å². The SMILES string of the molecule is COCCN(CCC(=O)N1CCNCC1)C(=O)c1cccc(F)c1. The number of halogens is 1. The van der Waals surface area contributed by atoms with Crippen LogP contribution in [0.4, 0.5) is 4.39 Å². The van der Waals surface area contributed by atoms with Crippen molar-refractivity contribution in [1.29, 1.82) is 0 Å². The van der Waals surface area contributed by atoms with Gasteiger partial charge in [-0.05, 0) is 18.2 Å². The zero-order valence-electron chi connectivity index (χ0n) is 14.0. The van der Waals surface area contributed by atoms with Gasteiger partial charge in [0.1, 0.15) is 5.82 Å². The van der Waals surface area contributed by atoms with Crippen molar-refractivity contribution in [3.63, 3.8) is 0 Å². The van der Waals surface area contributed by atoms with E-state index in [2.05, 4.69) is 5.32 Å². The normalized spacial score (nSPS) is 14.5. The first-order valence-corrected chi connectivity index (χ1v) is 8.14. The topological polar surface area (TPSA) is 61.9 Å². The van der Waals surface area contributed by atoms with E-state index in [-0.39, 0.29) is 23.8 Å². The van der Waals surface area contributed by atoms with E-state index in [4.69, 9.17) is 4.74 Å². The van der Waals surface area contributed by atoms with Gasteiger partial charge in [-0.15, -0.1) is 0 Å². The smallest absolute Gasteiger partial charge is 0.254 e. The molecule has 1 N–H and O–H groups in total. The van der Waals surface area contributed by atoms with Crippen molar-refractivity contribution in [3.8, 4) is 0 Å². The minimum atomic E-state index is -0.454. The van der Waals surface area contributed by atoms with Crippen LogP contribution in [-0.4, -0.2) is 74.6 Å². The summed E-state index contributed by atoms with van der Waals surface area (Å²) in [6, 6.07) is 5.58. The summed E-state index contributed by atoms with van der Waals surface area (Å²) in [5.41, 5.74) is 0.278. The fraction of sp³-hybridized carbons (Fsp3) is 0.529. The highest BCUT2D eigenvalue weighted by molar-refractivity contribution is 5.94. The van der Waals surface area contributed by atoms with E-state index in [1.807, 2.05) is 0 Å². The minimum Gasteiger partial charge on any atom is -0.383 e. The van der Waals surface area contributed by atoms with Crippen LogP contribution >= 0.6 is 0 Å². The molecule has 0 spiro atoms. The lowest BCUT2D eigenvalue weighted by Gasteiger charge is -2.29. The van der Waals surface area contributed by atoms with Crippen LogP contribution in [0.3, 0.4) is 0 Å². The second kappa shape index (κ2) is 9.34. The van der Waals surface area contributed by atoms with Crippen LogP contribution in [0.2, 0.25) is 0 Å². The second-order valence-corrected chi connectivity index (χ2v) is 5.68. The molecule has 1 aromatic rings. The summed E-state index contributed by atoms with van der Waals surface area (Å²) in [5.74, 6) is -0.713. The highest BCUT2D eigenvalue weighted by Crippen LogP contribution is 2.09. The van der Waals surface area contributed by atoms with Gasteiger partial charge in [0.2, 0.25) is 5.91 Å². The average molecular weight is 337 g/mol. The quantitative estimate of drug-likeness (QED) is 0.797. The number of nitrogens with one attached hydrogen (secondary N) is 1. The molecule has 0 unspecified atom stereocenters. The third-order valence-corrected chi connectivity index (χ3v) is 3.99. The lowest BCUT2D eigenvalue weighted by Crippen LogP contribution is -2.47. The summed E-state index contributed by atoms with van der Waals surface area (Å²) in [7, 11) is 1.55. The van der Waals surface area contributed by atoms with Crippen molar-refractivity contribution in [2.24, 2.45) is 0 Å². The molecule has 0 saturated carbocycles. The number of carbonyl (C=O) groups is 2. The number of nitrogens with zero attached hydrogens (tertiary/aromatic N) is 2. The third kappa shape index (κ3) is 5.28. The average Bonchev–Trinajstić information content (AvgIpc) is 2.62. The molecule has 2 rings (SSSR count). The molecule has 6 nitrogen and oxygen atoms in total. The van der Waals surface area contributed by atoms with Crippen LogP contribution < -0.4 is 5.32 Å². The molecule has 1 saturated heterocycles. The van der Waals surface area contributed by atoms with Crippen molar-refractivity contribution in [3.05, 3.63) is 35.6 Å². The Morgan fingerprint density at radius 3 is 2.71 bits per heavy atom. The zero-order valence-corrected chi connectivity index (χ0v) is 14.0. The fourth-order valence-electron chi connectivity index (χ4n) is 2.62. The fourth-order valence-corrected chi connectivity index (χ4v) is 2.62. The van der Waals surface area contributed by atoms with Crippen LogP contribution in [0.25, 0.3) is 0 Å². The van der Waals surface area contributed by atoms with E-state index in [9.17, 15) is 14.0 Å². The highest BCUT2D eigenvalue weighted by atomic mass is 19.1. The molecule has 1 aromatic carbocycles. The van der Waals surface area contributed by atoms with Crippen molar-refractivity contribution in [2.75, 3.05) is 53.0 Å². The summed E-state index contributed by atoms with van der Waals surface area (Å²) in [5, 5.41) is 3.20. The Balaban J connectivity index is 1.96. The van der Waals surface area contributed by atoms with Crippen LogP contribution in [0, 0.1) is 5.82 Å². The molecule has 2 amide bonds. The van der Waals surface area contributed by atoms with Gasteiger partial charge in [0.05, 0.1) is 6.61 Å². The summed E-state index contributed by atoms with van der Waals surface area (Å²) in [6.07, 6.45) is 0.255. The van der Waals surface area contributed by atoms with E-state index in [1.165, 1.54) is 18.2 Å². The van der Waals surface area contributed by atoms with E-state index in [0.29, 0.717) is 32.8 Å². The Morgan fingerprint density at radius 2 is 2.04 bits per heavy atom. The van der Waals surface area contributed by atoms with E-state index < -0.39 is 5.82 Å². The largest absolute Gasteiger partial charge is 0.383 e. The van der Waals surface area contributed by atoms with E-state index in [1.54, 1.807) is 23.0 Å². The van der Waals surface area contributed by atoms with Crippen LogP contribution in [0.5, 0.6) is 0 Å². The summed E-state index contributed by atoms with van der Waals surface area (Å²) in [4.78, 5) is 28.2. The number of carbonyl (C=O) groups excluding carboxylic acids is 2. The molecule has 132 valence electrons. The Labute approximate surface area is 141 Å². The first-order chi connectivity index (χ1) is 11.6. The number of hydrogen-bond donors (Lipinski definition) is 1. The van der Waals surface area contributed by atoms with Crippen LogP contribution in [-0.2, 0) is 9.53 Å². The molecule has 1 heterocycles. The molecule has 0 radical (unpaired) electrons. The standard InChI is InChI=1S/C17H24FN3O3/c1-24-12-11-21(17(23)14-3-2-4-15(18)13-14)8-5-16(22)20-9-6-19-7-10-20/h2-4,13,19H,5-12H2,1H3. The van der Waals surface area contributed by atoms with Gasteiger partial charge < -0.3 is 19.9 Å². The van der Waals surface area contributed by atoms with E-state index in [0.717, 1.165) is 13.1 Å². The van der Waals surface area contributed by atoms with Gasteiger partial charge in [-0.1, -0.05) is 6.07 Å². The Bertz CT molecular complexity index is 562. The highest BCUT2D eigenvalue weighted by Gasteiger charge is 2.20. The first kappa shape index (κ1) is 18.4. The Morgan fingerprint density at radius 1 is 1.29 bits per heavy atom. The molecular weight excluding hydrogens is 313 g/mol. The predicted molar refractivity (Wildman–Crippen MR) is 88.2 cm³/mol. The maximum Gasteiger partial charge on any atom is 0.254 e. The van der Waals surface area contributed by atoms with Crippen molar-refractivity contribution in [2.45, 2.75) is 6.42 Å². The van der Waals surface area contributed by atoms with Gasteiger partial charge in [0, 0.05) is 58.4 Å². The molecular formula is C17H24FN3O3. The molecule has 0 atom stereocenters. The molecule has 1 aliphatic rings. The van der Waals surface area contributed by atoms with Crippen molar-refractivity contribution >= 4 is 11.8 Å². The number of piperazine rings is 1. The summed E-state index contributed by atoms with van der Waals surface area (Å²) in [6.45, 7) is 3.98. The molecule has 1 fully saturated rings. The summed E-state index contributed by atoms with van der Waals surface area (Å²) < 4.78 is 18.4. The van der Waals surface area contributed by atoms with Gasteiger partial charge in [-0.25, -0.2) is 4.39 Å². The Kier molecular flexibility index (Phi) is 7.14. The molecule has 0 bridgehead atoms. The van der Waals surface area contributed by atoms with Gasteiger partial charge in [0.15, 0.2) is 0 Å². The lowest BCUT2D eigenvalue weighted by molar-refractivity contribution is -0.132. The molecule has 0 aliphatic carbocycles. The summed E-state index contributed by atoms with van der Waals surface area (Å²) >= 11 is 0. The van der Waals surface area contributed by atoms with Crippen molar-refractivity contribution in [1.82, 2.24) is 15.1 Å². The predicted octanol–water partition coefficient (Wildman–Crippen LogP) is 0.736. The number of ether oxygens (including phenoxy) is 1. The second-order valence-electron chi connectivity index (χ2n) is 5.68. The van der Waals surface area contributed by atoms with E-state index >= 15 is 0 Å². The van der Waals surface area contributed by atoms with Gasteiger partial charge in [-0.3, -0.25) is 9.59 Å². The third-order valence-electron chi connectivity index (χ3n) is 3.99. The monoisotopic (exact) mass is 337 g/mol. The van der Waals surface area contributed by atoms with Crippen LogP contribution in [0.1, 0.15) is 16.8 Å². The molecule has 1 aliphatic heterocycles. The number of hydrogen-bond acceptors (Lipinski definition) is 4. The molecule has 7 heteroatoms. The first-order valence-electron chi connectivity index (χ1n) is 8.14. The number of methoxy groups -OCH3 is 1. The Hall–Kier alpha value is -1.99. The number of amides is 2. The number of benzene rings is 1. The van der Waals surface area contributed by atoms with Gasteiger partial charge in [-0.2, -0.15) is 0 Å². The van der Waals surface area contributed by atoms with Gasteiger partial charge in [0.25, 0.3) is 5.91 Å². The zero-order chi connectivity index (χ0) is 17.4. The molecule has 24 heavy (non-hydrogen) atoms. The van der Waals surface area contributed by atoms with Crippen LogP contribution in [0.15, 0.2) is 24.3 Å². The number of rotatable bonds is 7.